The van der Waals surface area contributed by atoms with Crippen LogP contribution in [0.25, 0.3) is 5.76 Å². The molecule has 7 nitrogen and oxygen atoms in total. The van der Waals surface area contributed by atoms with Crippen molar-refractivity contribution in [1.29, 1.82) is 0 Å². The fourth-order valence-electron chi connectivity index (χ4n) is 3.76. The van der Waals surface area contributed by atoms with Gasteiger partial charge in [0.05, 0.1) is 22.9 Å². The van der Waals surface area contributed by atoms with Gasteiger partial charge in [-0.25, -0.2) is 0 Å². The first-order chi connectivity index (χ1) is 14.4. The molecular weight excluding hydrogens is 404 g/mol. The van der Waals surface area contributed by atoms with E-state index in [0.717, 1.165) is 5.56 Å². The van der Waals surface area contributed by atoms with Crippen molar-refractivity contribution in [2.45, 2.75) is 26.4 Å². The number of hydrogen-bond acceptors (Lipinski definition) is 5. The van der Waals surface area contributed by atoms with Gasteiger partial charge in [0, 0.05) is 29.7 Å². The zero-order chi connectivity index (χ0) is 21.4. The number of carbonyl (C=O) groups excluding carboxylic acids is 2. The number of benzene rings is 1. The number of aliphatic hydroxyl groups excluding tert-OH is 1. The van der Waals surface area contributed by atoms with E-state index in [2.05, 4.69) is 15.2 Å². The first-order valence-corrected chi connectivity index (χ1v) is 9.71. The number of nitrogens with zero attached hydrogens (tertiary/aromatic N) is 3. The van der Waals surface area contributed by atoms with Gasteiger partial charge in [-0.15, -0.1) is 0 Å². The fourth-order valence-corrected chi connectivity index (χ4v) is 3.88. The molecule has 30 heavy (non-hydrogen) atoms. The molecule has 1 unspecified atom stereocenters. The van der Waals surface area contributed by atoms with Crippen LogP contribution < -0.4 is 0 Å². The molecule has 3 heterocycles. The Morgan fingerprint density at radius 3 is 2.53 bits per heavy atom. The lowest BCUT2D eigenvalue weighted by molar-refractivity contribution is -0.140. The zero-order valence-corrected chi connectivity index (χ0v) is 17.1. The maximum absolute atomic E-state index is 13.0. The molecule has 1 aliphatic rings. The van der Waals surface area contributed by atoms with E-state index in [1.54, 1.807) is 56.6 Å². The molecule has 4 rings (SSSR count). The number of likely N-dealkylation sites (tertiary alicyclic amines) is 1. The second kappa shape index (κ2) is 7.76. The van der Waals surface area contributed by atoms with Crippen LogP contribution in [0.3, 0.4) is 0 Å². The molecule has 1 atom stereocenters. The predicted molar refractivity (Wildman–Crippen MR) is 112 cm³/mol. The Bertz CT molecular complexity index is 1130. The van der Waals surface area contributed by atoms with Crippen LogP contribution in [0.4, 0.5) is 0 Å². The van der Waals surface area contributed by atoms with Gasteiger partial charge in [-0.1, -0.05) is 29.8 Å². The summed E-state index contributed by atoms with van der Waals surface area (Å²) >= 11 is 6.03. The van der Waals surface area contributed by atoms with Crippen LogP contribution in [0.5, 0.6) is 0 Å². The summed E-state index contributed by atoms with van der Waals surface area (Å²) in [6.45, 7) is 3.64. The van der Waals surface area contributed by atoms with Gasteiger partial charge in [-0.2, -0.15) is 5.10 Å². The molecule has 1 amide bonds. The summed E-state index contributed by atoms with van der Waals surface area (Å²) in [6, 6.07) is 9.70. The lowest BCUT2D eigenvalue weighted by atomic mass is 9.94. The van der Waals surface area contributed by atoms with E-state index in [0.29, 0.717) is 27.5 Å². The lowest BCUT2D eigenvalue weighted by Crippen LogP contribution is -2.29. The number of aryl methyl sites for hydroxylation is 2. The van der Waals surface area contributed by atoms with Gasteiger partial charge >= 0.3 is 0 Å². The van der Waals surface area contributed by atoms with E-state index in [4.69, 9.17) is 11.6 Å². The summed E-state index contributed by atoms with van der Waals surface area (Å²) in [5.41, 5.74) is 3.04. The minimum atomic E-state index is -0.767. The number of halogens is 1. The minimum Gasteiger partial charge on any atom is -0.507 e. The Hall–Kier alpha value is -3.45. The number of aliphatic hydroxyl groups is 1. The highest BCUT2D eigenvalue weighted by Gasteiger charge is 2.46. The van der Waals surface area contributed by atoms with Crippen LogP contribution >= 0.6 is 11.6 Å². The van der Waals surface area contributed by atoms with Gasteiger partial charge in [0.15, 0.2) is 0 Å². The van der Waals surface area contributed by atoms with E-state index < -0.39 is 17.7 Å². The number of nitrogens with one attached hydrogen (secondary N) is 1. The third-order valence-corrected chi connectivity index (χ3v) is 5.42. The van der Waals surface area contributed by atoms with Crippen LogP contribution in [-0.4, -0.2) is 36.9 Å². The van der Waals surface area contributed by atoms with E-state index in [9.17, 15) is 14.7 Å². The quantitative estimate of drug-likeness (QED) is 0.379. The molecule has 1 saturated heterocycles. The number of Topliss-reactive ketones (excluding diaryl/α,β-unsaturated/α-hetero) is 1. The molecule has 152 valence electrons. The average molecular weight is 423 g/mol. The van der Waals surface area contributed by atoms with Crippen molar-refractivity contribution in [3.63, 3.8) is 0 Å². The van der Waals surface area contributed by atoms with Gasteiger partial charge in [-0.3, -0.25) is 19.7 Å². The number of H-pyrrole nitrogens is 1. The Morgan fingerprint density at radius 2 is 1.93 bits per heavy atom. The molecule has 1 fully saturated rings. The van der Waals surface area contributed by atoms with Crippen molar-refractivity contribution in [2.24, 2.45) is 0 Å². The van der Waals surface area contributed by atoms with Gasteiger partial charge in [0.25, 0.3) is 11.7 Å². The maximum atomic E-state index is 13.0. The number of carbonyl (C=O) groups is 2. The van der Waals surface area contributed by atoms with E-state index in [-0.39, 0.29) is 17.9 Å². The van der Waals surface area contributed by atoms with Gasteiger partial charge in [0.1, 0.15) is 5.76 Å². The molecule has 2 aromatic heterocycles. The Balaban J connectivity index is 1.89. The average Bonchev–Trinajstić information content (AvgIpc) is 3.20. The number of amides is 1. The molecule has 2 N–H and O–H groups in total. The van der Waals surface area contributed by atoms with Gasteiger partial charge in [-0.05, 0) is 43.2 Å². The first-order valence-electron chi connectivity index (χ1n) is 9.33. The number of aromatic nitrogens is 3. The van der Waals surface area contributed by atoms with Crippen molar-refractivity contribution in [2.75, 3.05) is 0 Å². The normalized spacial score (nSPS) is 18.2. The third-order valence-electron chi connectivity index (χ3n) is 5.17. The minimum absolute atomic E-state index is 0.0267. The highest BCUT2D eigenvalue weighted by Crippen LogP contribution is 2.41. The van der Waals surface area contributed by atoms with Crippen LogP contribution in [0.2, 0.25) is 5.02 Å². The molecule has 1 aliphatic heterocycles. The van der Waals surface area contributed by atoms with Crippen LogP contribution in [0, 0.1) is 13.8 Å². The van der Waals surface area contributed by atoms with Crippen molar-refractivity contribution in [1.82, 2.24) is 20.1 Å². The molecule has 0 radical (unpaired) electrons. The number of hydrogen-bond donors (Lipinski definition) is 2. The first kappa shape index (κ1) is 19.8. The van der Waals surface area contributed by atoms with Crippen molar-refractivity contribution in [3.05, 3.63) is 87.5 Å². The largest absolute Gasteiger partial charge is 0.507 e. The second-order valence-corrected chi connectivity index (χ2v) is 7.59. The van der Waals surface area contributed by atoms with Crippen molar-refractivity contribution in [3.8, 4) is 0 Å². The summed E-state index contributed by atoms with van der Waals surface area (Å²) in [4.78, 5) is 31.5. The van der Waals surface area contributed by atoms with E-state index in [1.807, 2.05) is 6.07 Å². The highest BCUT2D eigenvalue weighted by atomic mass is 35.5. The SMILES string of the molecule is Cc1n[nH]c(C)c1/C(O)=C1\C(=O)C(=O)N(Cc2cccnc2)C1c1ccc(Cl)cc1. The highest BCUT2D eigenvalue weighted by molar-refractivity contribution is 6.46. The predicted octanol–water partition coefficient (Wildman–Crippen LogP) is 3.70. The zero-order valence-electron chi connectivity index (χ0n) is 16.4. The van der Waals surface area contributed by atoms with Gasteiger partial charge in [0.2, 0.25) is 0 Å². The molecule has 8 heteroatoms. The standard InChI is InChI=1S/C22H19ClN4O3/c1-12-17(13(2)26-25-12)20(28)18-19(15-5-7-16(23)8-6-15)27(22(30)21(18)29)11-14-4-3-9-24-10-14/h3-10,19,28H,11H2,1-2H3,(H,25,26)/b20-18+. The molecule has 0 saturated carbocycles. The Morgan fingerprint density at radius 1 is 1.20 bits per heavy atom. The third kappa shape index (κ3) is 3.37. The Kier molecular flexibility index (Phi) is 5.13. The van der Waals surface area contributed by atoms with E-state index >= 15 is 0 Å². The number of ketones is 1. The Labute approximate surface area is 178 Å². The monoisotopic (exact) mass is 422 g/mol. The molecule has 1 aromatic carbocycles. The van der Waals surface area contributed by atoms with Crippen LogP contribution in [-0.2, 0) is 16.1 Å². The number of pyridine rings is 1. The molecule has 0 bridgehead atoms. The summed E-state index contributed by atoms with van der Waals surface area (Å²) in [6.07, 6.45) is 3.28. The number of rotatable bonds is 4. The summed E-state index contributed by atoms with van der Waals surface area (Å²) < 4.78 is 0. The maximum Gasteiger partial charge on any atom is 0.295 e. The molecule has 0 spiro atoms. The van der Waals surface area contributed by atoms with Crippen LogP contribution in [0.1, 0.15) is 34.1 Å². The van der Waals surface area contributed by atoms with Gasteiger partial charge < -0.3 is 10.0 Å². The van der Waals surface area contributed by atoms with Crippen molar-refractivity contribution >= 4 is 29.1 Å². The summed E-state index contributed by atoms with van der Waals surface area (Å²) in [7, 11) is 0. The van der Waals surface area contributed by atoms with E-state index in [1.165, 1.54) is 4.90 Å². The molecule has 3 aromatic rings. The summed E-state index contributed by atoms with van der Waals surface area (Å²) in [5.74, 6) is -1.67. The van der Waals surface area contributed by atoms with Crippen LogP contribution in [0.15, 0.2) is 54.4 Å². The molecule has 0 aliphatic carbocycles. The van der Waals surface area contributed by atoms with Crippen molar-refractivity contribution < 1.29 is 14.7 Å². The number of aromatic amines is 1. The fraction of sp³-hybridized carbons (Fsp3) is 0.182. The lowest BCUT2D eigenvalue weighted by Gasteiger charge is -2.25. The molecular formula is C22H19ClN4O3. The second-order valence-electron chi connectivity index (χ2n) is 7.15. The topological polar surface area (TPSA) is 99.2 Å². The summed E-state index contributed by atoms with van der Waals surface area (Å²) in [5, 5.41) is 18.5. The smallest absolute Gasteiger partial charge is 0.295 e.